The van der Waals surface area contributed by atoms with Crippen molar-refractivity contribution in [2.45, 2.75) is 53.2 Å². The summed E-state index contributed by atoms with van der Waals surface area (Å²) < 4.78 is 1.04. The molecule has 1 aliphatic carbocycles. The van der Waals surface area contributed by atoms with Gasteiger partial charge < -0.3 is 5.11 Å². The van der Waals surface area contributed by atoms with E-state index in [9.17, 15) is 5.11 Å². The Morgan fingerprint density at radius 1 is 1.43 bits per heavy atom. The van der Waals surface area contributed by atoms with Crippen LogP contribution in [0, 0.1) is 11.3 Å². The number of allylic oxidation sites excluding steroid dienone is 5. The zero-order chi connectivity index (χ0) is 16.2. The first-order valence-electron chi connectivity index (χ1n) is 7.33. The van der Waals surface area contributed by atoms with Crippen molar-refractivity contribution in [3.05, 3.63) is 35.1 Å². The number of aliphatic hydroxyl groups excluding tert-OH is 1. The van der Waals surface area contributed by atoms with Gasteiger partial charge in [-0.3, -0.25) is 0 Å². The molecule has 0 radical (unpaired) electrons. The van der Waals surface area contributed by atoms with Crippen LogP contribution < -0.4 is 0 Å². The Morgan fingerprint density at radius 2 is 2.05 bits per heavy atom. The number of rotatable bonds is 4. The van der Waals surface area contributed by atoms with E-state index in [4.69, 9.17) is 12.2 Å². The fourth-order valence-corrected chi connectivity index (χ4v) is 4.57. The maximum Gasteiger partial charge on any atom is 0.121 e. The van der Waals surface area contributed by atoms with Crippen molar-refractivity contribution in [2.24, 2.45) is 11.3 Å². The van der Waals surface area contributed by atoms with Crippen molar-refractivity contribution in [1.82, 2.24) is 0 Å². The average molecular weight is 343 g/mol. The number of hydrogen-bond acceptors (Lipinski definition) is 4. The fourth-order valence-electron chi connectivity index (χ4n) is 2.02. The molecular formula is C17H26OS3. The summed E-state index contributed by atoms with van der Waals surface area (Å²) in [5.41, 5.74) is 1.91. The molecule has 0 spiro atoms. The van der Waals surface area contributed by atoms with E-state index in [1.54, 1.807) is 10.8 Å². The molecule has 0 amide bonds. The van der Waals surface area contributed by atoms with Crippen LogP contribution in [0.25, 0.3) is 0 Å². The quantitative estimate of drug-likeness (QED) is 0.465. The van der Waals surface area contributed by atoms with Crippen LogP contribution >= 0.6 is 33.8 Å². The summed E-state index contributed by atoms with van der Waals surface area (Å²) >= 11 is 5.28. The Hall–Kier alpha value is -0.190. The first-order valence-corrected chi connectivity index (χ1v) is 9.95. The first kappa shape index (κ1) is 18.9. The molecule has 2 atom stereocenters. The van der Waals surface area contributed by atoms with Crippen LogP contribution in [0.1, 0.15) is 48.0 Å². The van der Waals surface area contributed by atoms with Gasteiger partial charge >= 0.3 is 0 Å². The Labute approximate surface area is 142 Å². The Balaban J connectivity index is 2.96. The second-order valence-corrected chi connectivity index (χ2v) is 9.83. The molecule has 21 heavy (non-hydrogen) atoms. The lowest BCUT2D eigenvalue weighted by molar-refractivity contribution is 0.373. The van der Waals surface area contributed by atoms with Gasteiger partial charge in [-0.2, -0.15) is 0 Å². The van der Waals surface area contributed by atoms with Crippen molar-refractivity contribution in [1.29, 1.82) is 0 Å². The Kier molecular flexibility index (Phi) is 7.08. The summed E-state index contributed by atoms with van der Waals surface area (Å²) in [5.74, 6) is 0.728. The van der Waals surface area contributed by atoms with Crippen LogP contribution in [-0.2, 0) is 0 Å². The molecule has 1 nitrogen and oxygen atoms in total. The third kappa shape index (κ3) is 5.50. The number of aliphatic hydroxyl groups is 1. The normalized spacial score (nSPS) is 21.0. The topological polar surface area (TPSA) is 20.2 Å². The summed E-state index contributed by atoms with van der Waals surface area (Å²) in [5, 5.41) is 10.8. The molecule has 0 bridgehead atoms. The van der Waals surface area contributed by atoms with Crippen LogP contribution in [0.15, 0.2) is 35.1 Å². The molecule has 1 rings (SSSR count). The molecule has 0 aromatic rings. The molecule has 0 fully saturated rings. The lowest BCUT2D eigenvalue weighted by Crippen LogP contribution is -2.15. The number of thiocarbonyl (C=S) groups is 1. The maximum absolute atomic E-state index is 10.4. The van der Waals surface area contributed by atoms with E-state index >= 15 is 0 Å². The minimum atomic E-state index is -0.0636. The molecule has 118 valence electrons. The van der Waals surface area contributed by atoms with Crippen LogP contribution in [0.4, 0.5) is 0 Å². The lowest BCUT2D eigenvalue weighted by Gasteiger charge is -2.25. The second-order valence-electron chi connectivity index (χ2n) is 6.41. The zero-order valence-corrected chi connectivity index (χ0v) is 16.2. The molecule has 0 saturated carbocycles. The standard InChI is InChI=1S/C17H26OS3/c1-7-15(19)21-20-12(3)13-9-8-11(2)16(18)14(10-13)17(4,5)6/h8-10,12-13,18H,7H2,1-6H3. The van der Waals surface area contributed by atoms with E-state index in [-0.39, 0.29) is 5.41 Å². The van der Waals surface area contributed by atoms with E-state index in [1.807, 2.05) is 23.8 Å². The van der Waals surface area contributed by atoms with Gasteiger partial charge in [0.1, 0.15) is 5.76 Å². The largest absolute Gasteiger partial charge is 0.507 e. The monoisotopic (exact) mass is 342 g/mol. The molecule has 0 saturated heterocycles. The Morgan fingerprint density at radius 3 is 2.57 bits per heavy atom. The summed E-state index contributed by atoms with van der Waals surface area (Å²) in [6.45, 7) is 12.7. The van der Waals surface area contributed by atoms with Crippen molar-refractivity contribution in [3.8, 4) is 0 Å². The van der Waals surface area contributed by atoms with E-state index in [0.717, 1.165) is 21.8 Å². The van der Waals surface area contributed by atoms with Crippen molar-refractivity contribution < 1.29 is 5.11 Å². The molecule has 2 unspecified atom stereocenters. The highest BCUT2D eigenvalue weighted by atomic mass is 33.1. The molecule has 4 heteroatoms. The molecule has 0 aromatic carbocycles. The molecule has 0 heterocycles. The molecular weight excluding hydrogens is 316 g/mol. The molecule has 0 aromatic heterocycles. The lowest BCUT2D eigenvalue weighted by atomic mass is 9.82. The zero-order valence-electron chi connectivity index (χ0n) is 13.8. The Bertz CT molecular complexity index is 481. The number of hydrogen-bond donors (Lipinski definition) is 1. The smallest absolute Gasteiger partial charge is 0.121 e. The third-order valence-electron chi connectivity index (χ3n) is 3.49. The first-order chi connectivity index (χ1) is 9.66. The molecule has 1 N–H and O–H groups in total. The van der Waals surface area contributed by atoms with Crippen molar-refractivity contribution >= 4 is 38.0 Å². The minimum Gasteiger partial charge on any atom is -0.507 e. The van der Waals surface area contributed by atoms with Gasteiger partial charge in [0.2, 0.25) is 0 Å². The van der Waals surface area contributed by atoms with Gasteiger partial charge in [-0.25, -0.2) is 0 Å². The van der Waals surface area contributed by atoms with Crippen LogP contribution in [0.5, 0.6) is 0 Å². The van der Waals surface area contributed by atoms with Gasteiger partial charge in [0.25, 0.3) is 0 Å². The predicted octanol–water partition coefficient (Wildman–Crippen LogP) is 6.48. The average Bonchev–Trinajstić information content (AvgIpc) is 2.56. The minimum absolute atomic E-state index is 0.0636. The summed E-state index contributed by atoms with van der Waals surface area (Å²) in [7, 11) is 3.52. The van der Waals surface area contributed by atoms with Gasteiger partial charge in [-0.05, 0) is 29.9 Å². The van der Waals surface area contributed by atoms with Gasteiger partial charge in [0.05, 0.1) is 4.20 Å². The maximum atomic E-state index is 10.4. The van der Waals surface area contributed by atoms with Gasteiger partial charge in [-0.1, -0.05) is 86.7 Å². The highest BCUT2D eigenvalue weighted by Crippen LogP contribution is 2.39. The molecule has 0 aliphatic heterocycles. The van der Waals surface area contributed by atoms with Gasteiger partial charge in [0.15, 0.2) is 0 Å². The van der Waals surface area contributed by atoms with Crippen LogP contribution in [-0.4, -0.2) is 14.6 Å². The van der Waals surface area contributed by atoms with Crippen LogP contribution in [0.2, 0.25) is 0 Å². The molecule has 1 aliphatic rings. The van der Waals surface area contributed by atoms with E-state index in [0.29, 0.717) is 16.9 Å². The SMILES string of the molecule is CCC(=S)SSC(C)C1C=CC(C)=C(O)C(C(C)(C)C)=C1. The summed E-state index contributed by atoms with van der Waals surface area (Å²) in [6, 6.07) is 0. The van der Waals surface area contributed by atoms with E-state index < -0.39 is 0 Å². The highest BCUT2D eigenvalue weighted by molar-refractivity contribution is 8.83. The van der Waals surface area contributed by atoms with Gasteiger partial charge in [-0.15, -0.1) is 0 Å². The van der Waals surface area contributed by atoms with E-state index in [2.05, 4.69) is 46.8 Å². The fraction of sp³-hybridized carbons (Fsp3) is 0.588. The van der Waals surface area contributed by atoms with Crippen LogP contribution in [0.3, 0.4) is 0 Å². The van der Waals surface area contributed by atoms with E-state index in [1.165, 1.54) is 0 Å². The van der Waals surface area contributed by atoms with Crippen molar-refractivity contribution in [2.75, 3.05) is 0 Å². The van der Waals surface area contributed by atoms with Gasteiger partial charge in [0, 0.05) is 11.2 Å². The summed E-state index contributed by atoms with van der Waals surface area (Å²) in [6.07, 6.45) is 7.38. The highest BCUT2D eigenvalue weighted by Gasteiger charge is 2.26. The third-order valence-corrected chi connectivity index (χ3v) is 7.33. The predicted molar refractivity (Wildman–Crippen MR) is 103 cm³/mol. The second kappa shape index (κ2) is 7.89. The van der Waals surface area contributed by atoms with Crippen molar-refractivity contribution in [3.63, 3.8) is 0 Å². The summed E-state index contributed by atoms with van der Waals surface area (Å²) in [4.78, 5) is 0.